The minimum Gasteiger partial charge on any atom is -0.478 e. The van der Waals surface area contributed by atoms with Crippen molar-refractivity contribution in [3.05, 3.63) is 82.1 Å². The van der Waals surface area contributed by atoms with Crippen molar-refractivity contribution in [3.63, 3.8) is 0 Å². The second-order valence-electron chi connectivity index (χ2n) is 7.00. The molecule has 1 saturated heterocycles. The van der Waals surface area contributed by atoms with Crippen LogP contribution in [-0.2, 0) is 9.59 Å². The summed E-state index contributed by atoms with van der Waals surface area (Å²) in [5.41, 5.74) is 1.47. The van der Waals surface area contributed by atoms with Gasteiger partial charge < -0.3 is 9.52 Å². The molecule has 0 radical (unpaired) electrons. The number of amides is 4. The second-order valence-corrected chi connectivity index (χ2v) is 7.40. The molecular weight excluding hydrogens is 436 g/mol. The Labute approximate surface area is 186 Å². The van der Waals surface area contributed by atoms with Gasteiger partial charge in [-0.2, -0.15) is 0 Å². The fraction of sp³-hybridized carbons (Fsp3) is 0.0435. The molecule has 8 nitrogen and oxygen atoms in total. The van der Waals surface area contributed by atoms with Gasteiger partial charge >= 0.3 is 12.0 Å². The van der Waals surface area contributed by atoms with E-state index in [9.17, 15) is 19.2 Å². The minimum atomic E-state index is -1.15. The highest BCUT2D eigenvalue weighted by atomic mass is 35.5. The number of hydrogen-bond acceptors (Lipinski definition) is 5. The number of aromatic carboxylic acids is 1. The Kier molecular flexibility index (Phi) is 5.38. The van der Waals surface area contributed by atoms with Crippen LogP contribution in [0.3, 0.4) is 0 Å². The number of carbonyl (C=O) groups excluding carboxylic acids is 3. The molecule has 0 bridgehead atoms. The number of carboxylic acids is 1. The lowest BCUT2D eigenvalue weighted by Crippen LogP contribution is -2.54. The van der Waals surface area contributed by atoms with Crippen LogP contribution in [0.25, 0.3) is 17.4 Å². The van der Waals surface area contributed by atoms with Gasteiger partial charge in [0.15, 0.2) is 0 Å². The molecule has 0 spiro atoms. The number of barbiturate groups is 1. The monoisotopic (exact) mass is 450 g/mol. The molecule has 0 atom stereocenters. The van der Waals surface area contributed by atoms with Crippen LogP contribution in [0.15, 0.2) is 64.6 Å². The van der Waals surface area contributed by atoms with E-state index in [-0.39, 0.29) is 21.9 Å². The normalized spacial score (nSPS) is 15.2. The molecule has 4 rings (SSSR count). The Balaban J connectivity index is 1.65. The summed E-state index contributed by atoms with van der Waals surface area (Å²) in [4.78, 5) is 49.5. The zero-order valence-electron chi connectivity index (χ0n) is 16.6. The summed E-state index contributed by atoms with van der Waals surface area (Å²) in [6, 6.07) is 13.3. The zero-order valence-corrected chi connectivity index (χ0v) is 17.3. The van der Waals surface area contributed by atoms with Gasteiger partial charge in [-0.1, -0.05) is 35.4 Å². The number of nitrogens with zero attached hydrogens (tertiary/aromatic N) is 1. The molecule has 0 saturated carbocycles. The first kappa shape index (κ1) is 21.1. The van der Waals surface area contributed by atoms with Gasteiger partial charge in [-0.3, -0.25) is 14.9 Å². The highest BCUT2D eigenvalue weighted by Gasteiger charge is 2.37. The van der Waals surface area contributed by atoms with Crippen LogP contribution in [0, 0.1) is 6.92 Å². The number of hydrogen-bond donors (Lipinski definition) is 2. The van der Waals surface area contributed by atoms with E-state index in [4.69, 9.17) is 21.1 Å². The summed E-state index contributed by atoms with van der Waals surface area (Å²) in [5.74, 6) is -2.23. The third kappa shape index (κ3) is 3.91. The molecule has 0 unspecified atom stereocenters. The average Bonchev–Trinajstić information content (AvgIpc) is 3.21. The van der Waals surface area contributed by atoms with Gasteiger partial charge in [0.05, 0.1) is 16.3 Å². The quantitative estimate of drug-likeness (QED) is 0.452. The third-order valence-corrected chi connectivity index (χ3v) is 5.10. The molecule has 1 aliphatic rings. The van der Waals surface area contributed by atoms with Gasteiger partial charge in [0, 0.05) is 5.56 Å². The Morgan fingerprint density at radius 1 is 1.06 bits per heavy atom. The summed E-state index contributed by atoms with van der Waals surface area (Å²) < 4.78 is 5.69. The van der Waals surface area contributed by atoms with Crippen LogP contribution >= 0.6 is 11.6 Å². The Morgan fingerprint density at radius 3 is 2.44 bits per heavy atom. The molecule has 0 aliphatic carbocycles. The number of carboxylic acid groups (broad SMARTS) is 1. The van der Waals surface area contributed by atoms with E-state index in [0.29, 0.717) is 17.0 Å². The lowest BCUT2D eigenvalue weighted by atomic mass is 10.1. The number of rotatable bonds is 4. The van der Waals surface area contributed by atoms with Crippen LogP contribution in [0.2, 0.25) is 5.02 Å². The van der Waals surface area contributed by atoms with E-state index in [0.717, 1.165) is 10.5 Å². The van der Waals surface area contributed by atoms with E-state index >= 15 is 0 Å². The molecule has 1 aliphatic heterocycles. The molecule has 9 heteroatoms. The highest BCUT2D eigenvalue weighted by Crippen LogP contribution is 2.29. The van der Waals surface area contributed by atoms with Crippen molar-refractivity contribution in [2.24, 2.45) is 0 Å². The van der Waals surface area contributed by atoms with E-state index in [2.05, 4.69) is 5.32 Å². The SMILES string of the molecule is Cc1ccc(N2C(=O)NC(=O)/C(=C/c3ccc(-c4ccc(C(=O)O)c(Cl)c4)o3)C2=O)cc1. The topological polar surface area (TPSA) is 117 Å². The number of benzene rings is 2. The summed E-state index contributed by atoms with van der Waals surface area (Å²) in [5, 5.41) is 11.3. The van der Waals surface area contributed by atoms with E-state index < -0.39 is 23.8 Å². The molecule has 1 fully saturated rings. The van der Waals surface area contributed by atoms with E-state index in [1.165, 1.54) is 30.3 Å². The summed E-state index contributed by atoms with van der Waals surface area (Å²) >= 11 is 6.00. The first-order valence-electron chi connectivity index (χ1n) is 9.36. The Morgan fingerprint density at radius 2 is 1.78 bits per heavy atom. The number of urea groups is 1. The first-order valence-corrected chi connectivity index (χ1v) is 9.73. The largest absolute Gasteiger partial charge is 0.478 e. The fourth-order valence-corrected chi connectivity index (χ4v) is 3.42. The predicted molar refractivity (Wildman–Crippen MR) is 116 cm³/mol. The minimum absolute atomic E-state index is 0.0420. The summed E-state index contributed by atoms with van der Waals surface area (Å²) in [7, 11) is 0. The molecule has 160 valence electrons. The molecule has 4 amide bonds. The van der Waals surface area contributed by atoms with Crippen molar-refractivity contribution >= 4 is 47.2 Å². The molecule has 2 heterocycles. The van der Waals surface area contributed by atoms with Crippen molar-refractivity contribution in [2.45, 2.75) is 6.92 Å². The van der Waals surface area contributed by atoms with Gasteiger partial charge in [-0.15, -0.1) is 0 Å². The average molecular weight is 451 g/mol. The first-order chi connectivity index (χ1) is 15.2. The molecule has 2 aromatic carbocycles. The lowest BCUT2D eigenvalue weighted by molar-refractivity contribution is -0.122. The number of halogens is 1. The van der Waals surface area contributed by atoms with Crippen LogP contribution in [0.4, 0.5) is 10.5 Å². The van der Waals surface area contributed by atoms with Crippen LogP contribution in [0.5, 0.6) is 0 Å². The Hall–Kier alpha value is -4.17. The number of anilines is 1. The van der Waals surface area contributed by atoms with Crippen molar-refractivity contribution in [1.29, 1.82) is 0 Å². The van der Waals surface area contributed by atoms with Crippen molar-refractivity contribution < 1.29 is 28.7 Å². The standard InChI is InChI=1S/C23H15ClN2O6/c1-12-2-5-14(6-3-12)26-21(28)17(20(27)25-23(26)31)11-15-7-9-19(32-15)13-4-8-16(22(29)30)18(24)10-13/h2-11H,1H3,(H,29,30)(H,25,27,31)/b17-11-. The number of imide groups is 2. The maximum atomic E-state index is 12.9. The second kappa shape index (κ2) is 8.16. The molecule has 2 N–H and O–H groups in total. The molecule has 3 aromatic rings. The number of furan rings is 1. The maximum Gasteiger partial charge on any atom is 0.337 e. The lowest BCUT2D eigenvalue weighted by Gasteiger charge is -2.26. The zero-order chi connectivity index (χ0) is 23.0. The van der Waals surface area contributed by atoms with Crippen molar-refractivity contribution in [2.75, 3.05) is 4.90 Å². The summed E-state index contributed by atoms with van der Waals surface area (Å²) in [6.07, 6.45) is 1.24. The van der Waals surface area contributed by atoms with Gasteiger partial charge in [0.1, 0.15) is 17.1 Å². The van der Waals surface area contributed by atoms with Gasteiger partial charge in [0.25, 0.3) is 11.8 Å². The van der Waals surface area contributed by atoms with Crippen molar-refractivity contribution in [1.82, 2.24) is 5.32 Å². The number of nitrogens with one attached hydrogen (secondary N) is 1. The molecule has 1 aromatic heterocycles. The number of aryl methyl sites for hydroxylation is 1. The smallest absolute Gasteiger partial charge is 0.337 e. The molecule has 32 heavy (non-hydrogen) atoms. The predicted octanol–water partition coefficient (Wildman–Crippen LogP) is 4.27. The third-order valence-electron chi connectivity index (χ3n) is 4.79. The van der Waals surface area contributed by atoms with Gasteiger partial charge in [-0.25, -0.2) is 14.5 Å². The van der Waals surface area contributed by atoms with Crippen LogP contribution < -0.4 is 10.2 Å². The van der Waals surface area contributed by atoms with Crippen molar-refractivity contribution in [3.8, 4) is 11.3 Å². The van der Waals surface area contributed by atoms with Gasteiger partial charge in [0.2, 0.25) is 0 Å². The number of carbonyl (C=O) groups is 4. The van der Waals surface area contributed by atoms with E-state index in [1.54, 1.807) is 30.3 Å². The van der Waals surface area contributed by atoms with Gasteiger partial charge in [-0.05, 0) is 49.4 Å². The van der Waals surface area contributed by atoms with Crippen LogP contribution in [0.1, 0.15) is 21.7 Å². The fourth-order valence-electron chi connectivity index (χ4n) is 3.16. The Bertz CT molecular complexity index is 1310. The summed E-state index contributed by atoms with van der Waals surface area (Å²) in [6.45, 7) is 1.87. The van der Waals surface area contributed by atoms with Crippen LogP contribution in [-0.4, -0.2) is 28.9 Å². The maximum absolute atomic E-state index is 12.9. The highest BCUT2D eigenvalue weighted by molar-refractivity contribution is 6.39. The molecular formula is C23H15ClN2O6. The van der Waals surface area contributed by atoms with E-state index in [1.807, 2.05) is 6.92 Å².